The molecule has 9 heavy (non-hydrogen) atoms. The zero-order valence-corrected chi connectivity index (χ0v) is 5.36. The third kappa shape index (κ3) is 7.56. The highest BCUT2D eigenvalue weighted by molar-refractivity contribution is 4.86. The van der Waals surface area contributed by atoms with E-state index in [2.05, 4.69) is 11.3 Å². The molecule has 0 aliphatic rings. The van der Waals surface area contributed by atoms with E-state index in [0.717, 1.165) is 5.57 Å². The van der Waals surface area contributed by atoms with Crippen molar-refractivity contribution >= 4 is 0 Å². The summed E-state index contributed by atoms with van der Waals surface area (Å²) in [4.78, 5) is 0. The van der Waals surface area contributed by atoms with Crippen LogP contribution in [0, 0.1) is 0 Å². The van der Waals surface area contributed by atoms with Crippen molar-refractivity contribution in [2.24, 2.45) is 0 Å². The molecule has 0 atom stereocenters. The molecule has 0 heterocycles. The van der Waals surface area contributed by atoms with Crippen molar-refractivity contribution in [1.82, 2.24) is 0 Å². The lowest BCUT2D eigenvalue weighted by Crippen LogP contribution is -2.00. The third-order valence-electron chi connectivity index (χ3n) is 0.773. The van der Waals surface area contributed by atoms with Crippen LogP contribution in [0.15, 0.2) is 12.2 Å². The van der Waals surface area contributed by atoms with Crippen molar-refractivity contribution in [2.45, 2.75) is 20.0 Å². The second kappa shape index (κ2) is 4.44. The third-order valence-corrected chi connectivity index (χ3v) is 0.773. The fraction of sp³-hybridized carbons (Fsp3) is 0.667. The molecule has 0 radical (unpaired) electrons. The number of hydrogen-bond donors (Lipinski definition) is 0. The van der Waals surface area contributed by atoms with Crippen molar-refractivity contribution in [3.63, 3.8) is 0 Å². The van der Waals surface area contributed by atoms with E-state index in [0.29, 0.717) is 6.42 Å². The minimum absolute atomic E-state index is 0.0625. The Morgan fingerprint density at radius 3 is 2.56 bits per heavy atom. The summed E-state index contributed by atoms with van der Waals surface area (Å²) in [6.07, 6.45) is 0.504. The van der Waals surface area contributed by atoms with Crippen molar-refractivity contribution < 1.29 is 13.5 Å². The lowest BCUT2D eigenvalue weighted by atomic mass is 10.3. The van der Waals surface area contributed by atoms with Crippen LogP contribution in [0.25, 0.3) is 0 Å². The highest BCUT2D eigenvalue weighted by Crippen LogP contribution is 1.99. The summed E-state index contributed by atoms with van der Waals surface area (Å²) in [5, 5.41) is 0. The summed E-state index contributed by atoms with van der Waals surface area (Å²) in [7, 11) is 0. The Balaban J connectivity index is 3.01. The van der Waals surface area contributed by atoms with Gasteiger partial charge in [0, 0.05) is 0 Å². The second-order valence-corrected chi connectivity index (χ2v) is 1.84. The molecule has 0 aliphatic heterocycles. The molecule has 0 bridgehead atoms. The molecule has 0 saturated heterocycles. The predicted octanol–water partition coefficient (Wildman–Crippen LogP) is 2.19. The standard InChI is InChI=1S/C6H10F2O/c1-5(2)3-4-9-6(7)8/h6H,1,3-4H2,2H3. The number of hydrogen-bond acceptors (Lipinski definition) is 1. The molecule has 0 aromatic heterocycles. The second-order valence-electron chi connectivity index (χ2n) is 1.84. The smallest absolute Gasteiger partial charge is 0.323 e. The molecule has 54 valence electrons. The first-order valence-electron chi connectivity index (χ1n) is 2.67. The molecule has 0 saturated carbocycles. The molecule has 3 heteroatoms. The van der Waals surface area contributed by atoms with Crippen LogP contribution in [0.3, 0.4) is 0 Å². The van der Waals surface area contributed by atoms with Crippen LogP contribution in [0.4, 0.5) is 8.78 Å². The SMILES string of the molecule is C=C(C)CCOC(F)F. The van der Waals surface area contributed by atoms with Gasteiger partial charge in [-0.3, -0.25) is 0 Å². The van der Waals surface area contributed by atoms with Gasteiger partial charge >= 0.3 is 6.61 Å². The highest BCUT2D eigenvalue weighted by Gasteiger charge is 1.99. The fourth-order valence-corrected chi connectivity index (χ4v) is 0.322. The topological polar surface area (TPSA) is 9.23 Å². The number of halogens is 2. The normalized spacial score (nSPS) is 10.2. The average Bonchev–Trinajstić information content (AvgIpc) is 1.63. The predicted molar refractivity (Wildman–Crippen MR) is 31.4 cm³/mol. The lowest BCUT2D eigenvalue weighted by molar-refractivity contribution is -0.127. The summed E-state index contributed by atoms with van der Waals surface area (Å²) in [6, 6.07) is 0. The van der Waals surface area contributed by atoms with Crippen LogP contribution < -0.4 is 0 Å². The van der Waals surface area contributed by atoms with Gasteiger partial charge in [-0.15, -0.1) is 6.58 Å². The maximum Gasteiger partial charge on any atom is 0.345 e. The first-order valence-corrected chi connectivity index (χ1v) is 2.67. The van der Waals surface area contributed by atoms with Gasteiger partial charge in [0.15, 0.2) is 0 Å². The van der Waals surface area contributed by atoms with Gasteiger partial charge in [0.2, 0.25) is 0 Å². The van der Waals surface area contributed by atoms with E-state index in [9.17, 15) is 8.78 Å². The summed E-state index contributed by atoms with van der Waals surface area (Å²) in [5.41, 5.74) is 0.857. The van der Waals surface area contributed by atoms with Crippen LogP contribution in [0.1, 0.15) is 13.3 Å². The Labute approximate surface area is 53.3 Å². The Morgan fingerprint density at radius 1 is 1.67 bits per heavy atom. The van der Waals surface area contributed by atoms with Crippen molar-refractivity contribution in [2.75, 3.05) is 6.61 Å². The molecule has 0 rings (SSSR count). The van der Waals surface area contributed by atoms with Crippen molar-refractivity contribution in [3.05, 3.63) is 12.2 Å². The zero-order chi connectivity index (χ0) is 7.28. The fourth-order valence-electron chi connectivity index (χ4n) is 0.322. The first-order chi connectivity index (χ1) is 4.13. The van der Waals surface area contributed by atoms with Crippen LogP contribution in [0.5, 0.6) is 0 Å². The molecular weight excluding hydrogens is 126 g/mol. The van der Waals surface area contributed by atoms with Gasteiger partial charge in [0.1, 0.15) is 0 Å². The molecule has 0 amide bonds. The highest BCUT2D eigenvalue weighted by atomic mass is 19.3. The van der Waals surface area contributed by atoms with Crippen LogP contribution in [-0.2, 0) is 4.74 Å². The molecule has 1 nitrogen and oxygen atoms in total. The number of rotatable bonds is 4. The van der Waals surface area contributed by atoms with Crippen LogP contribution in [0.2, 0.25) is 0 Å². The number of alkyl halides is 2. The molecule has 0 aromatic carbocycles. The Morgan fingerprint density at radius 2 is 2.22 bits per heavy atom. The Bertz CT molecular complexity index is 91.1. The van der Waals surface area contributed by atoms with Crippen molar-refractivity contribution in [1.29, 1.82) is 0 Å². The van der Waals surface area contributed by atoms with Gasteiger partial charge in [-0.25, -0.2) is 0 Å². The molecule has 0 spiro atoms. The summed E-state index contributed by atoms with van der Waals surface area (Å²) in [6.45, 7) is 2.71. The van der Waals surface area contributed by atoms with Gasteiger partial charge in [-0.1, -0.05) is 5.57 Å². The van der Waals surface area contributed by atoms with E-state index >= 15 is 0 Å². The quantitative estimate of drug-likeness (QED) is 0.538. The van der Waals surface area contributed by atoms with E-state index in [4.69, 9.17) is 0 Å². The molecule has 0 N–H and O–H groups in total. The summed E-state index contributed by atoms with van der Waals surface area (Å²) < 4.78 is 26.4. The molecule has 0 aliphatic carbocycles. The van der Waals surface area contributed by atoms with Crippen LogP contribution in [-0.4, -0.2) is 13.2 Å². The van der Waals surface area contributed by atoms with Gasteiger partial charge in [-0.05, 0) is 13.3 Å². The lowest BCUT2D eigenvalue weighted by Gasteiger charge is -1.99. The Kier molecular flexibility index (Phi) is 4.22. The van der Waals surface area contributed by atoms with Crippen molar-refractivity contribution in [3.8, 4) is 0 Å². The maximum atomic E-state index is 11.2. The van der Waals surface area contributed by atoms with E-state index in [1.54, 1.807) is 6.92 Å². The van der Waals surface area contributed by atoms with E-state index in [-0.39, 0.29) is 6.61 Å². The monoisotopic (exact) mass is 136 g/mol. The summed E-state index contributed by atoms with van der Waals surface area (Å²) >= 11 is 0. The Hall–Kier alpha value is -0.440. The van der Waals surface area contributed by atoms with Gasteiger partial charge in [0.25, 0.3) is 0 Å². The van der Waals surface area contributed by atoms with Gasteiger partial charge in [-0.2, -0.15) is 8.78 Å². The first kappa shape index (κ1) is 8.56. The molecule has 0 aromatic rings. The molecule has 0 fully saturated rings. The zero-order valence-electron chi connectivity index (χ0n) is 5.36. The largest absolute Gasteiger partial charge is 0.345 e. The van der Waals surface area contributed by atoms with Gasteiger partial charge < -0.3 is 4.74 Å². The number of ether oxygens (including phenoxy) is 1. The van der Waals surface area contributed by atoms with E-state index in [1.807, 2.05) is 0 Å². The minimum Gasteiger partial charge on any atom is -0.323 e. The molecular formula is C6H10F2O. The summed E-state index contributed by atoms with van der Waals surface area (Å²) in [5.74, 6) is 0. The van der Waals surface area contributed by atoms with Gasteiger partial charge in [0.05, 0.1) is 6.61 Å². The van der Waals surface area contributed by atoms with E-state index < -0.39 is 6.61 Å². The molecule has 0 unspecified atom stereocenters. The van der Waals surface area contributed by atoms with E-state index in [1.165, 1.54) is 0 Å². The average molecular weight is 136 g/mol. The minimum atomic E-state index is -2.65. The van der Waals surface area contributed by atoms with Crippen LogP contribution >= 0.6 is 0 Å². The maximum absolute atomic E-state index is 11.2.